The van der Waals surface area contributed by atoms with Crippen LogP contribution in [0.25, 0.3) is 16.8 Å². The van der Waals surface area contributed by atoms with Crippen molar-refractivity contribution in [1.82, 2.24) is 4.98 Å². The van der Waals surface area contributed by atoms with Gasteiger partial charge in [-0.05, 0) is 17.5 Å². The number of carbonyl (C=O) groups is 1. The number of carboxylic acid groups (broad SMARTS) is 1. The van der Waals surface area contributed by atoms with Gasteiger partial charge in [-0.3, -0.25) is 4.98 Å². The summed E-state index contributed by atoms with van der Waals surface area (Å²) in [6, 6.07) is 9.63. The van der Waals surface area contributed by atoms with Crippen molar-refractivity contribution < 1.29 is 9.90 Å². The first-order valence-corrected chi connectivity index (χ1v) is 4.52. The fraction of sp³-hybridized carbons (Fsp3) is 0. The van der Waals surface area contributed by atoms with Crippen molar-refractivity contribution in [2.24, 2.45) is 0 Å². The number of nitrogens with zero attached hydrogens (tertiary/aromatic N) is 1. The van der Waals surface area contributed by atoms with Crippen LogP contribution in [0.4, 0.5) is 0 Å². The maximum Gasteiger partial charge on any atom is 0.328 e. The van der Waals surface area contributed by atoms with Crippen LogP contribution in [0, 0.1) is 0 Å². The first-order valence-electron chi connectivity index (χ1n) is 4.52. The van der Waals surface area contributed by atoms with Crippen LogP contribution in [0.5, 0.6) is 0 Å². The molecule has 74 valence electrons. The Balaban J connectivity index is 2.56. The molecule has 0 atom stereocenters. The number of aliphatic carboxylic acids is 1. The lowest BCUT2D eigenvalue weighted by Gasteiger charge is -1.99. The van der Waals surface area contributed by atoms with Crippen molar-refractivity contribution in [2.75, 3.05) is 0 Å². The molecule has 0 aliphatic carbocycles. The van der Waals surface area contributed by atoms with Gasteiger partial charge in [-0.1, -0.05) is 24.3 Å². The Kier molecular flexibility index (Phi) is 2.46. The van der Waals surface area contributed by atoms with Crippen LogP contribution in [-0.2, 0) is 4.79 Å². The van der Waals surface area contributed by atoms with Crippen molar-refractivity contribution in [2.45, 2.75) is 0 Å². The van der Waals surface area contributed by atoms with E-state index in [1.807, 2.05) is 30.3 Å². The number of benzene rings is 1. The van der Waals surface area contributed by atoms with Crippen molar-refractivity contribution in [3.8, 4) is 0 Å². The van der Waals surface area contributed by atoms with Gasteiger partial charge in [0.15, 0.2) is 0 Å². The van der Waals surface area contributed by atoms with Crippen LogP contribution in [0.3, 0.4) is 0 Å². The van der Waals surface area contributed by atoms with Gasteiger partial charge < -0.3 is 5.11 Å². The molecule has 1 aromatic carbocycles. The lowest BCUT2D eigenvalue weighted by Crippen LogP contribution is -1.88. The predicted octanol–water partition coefficient (Wildman–Crippen LogP) is 2.33. The van der Waals surface area contributed by atoms with Gasteiger partial charge in [0.25, 0.3) is 0 Å². The zero-order valence-electron chi connectivity index (χ0n) is 7.92. The van der Waals surface area contributed by atoms with Crippen molar-refractivity contribution in [1.29, 1.82) is 0 Å². The number of hydrogen-bond donors (Lipinski definition) is 1. The third-order valence-corrected chi connectivity index (χ3v) is 2.09. The second-order valence-electron chi connectivity index (χ2n) is 3.09. The highest BCUT2D eigenvalue weighted by Gasteiger charge is 1.98. The van der Waals surface area contributed by atoms with E-state index in [1.54, 1.807) is 6.20 Å². The fourth-order valence-corrected chi connectivity index (χ4v) is 1.43. The molecule has 1 heterocycles. The summed E-state index contributed by atoms with van der Waals surface area (Å²) in [5, 5.41) is 10.5. The van der Waals surface area contributed by atoms with Gasteiger partial charge in [0.2, 0.25) is 0 Å². The van der Waals surface area contributed by atoms with Gasteiger partial charge >= 0.3 is 5.97 Å². The minimum atomic E-state index is -0.968. The lowest BCUT2D eigenvalue weighted by molar-refractivity contribution is -0.131. The molecular weight excluding hydrogens is 190 g/mol. The molecule has 0 spiro atoms. The van der Waals surface area contributed by atoms with E-state index >= 15 is 0 Å². The first kappa shape index (κ1) is 9.40. The lowest BCUT2D eigenvalue weighted by atomic mass is 10.1. The molecule has 0 aliphatic heterocycles. The summed E-state index contributed by atoms with van der Waals surface area (Å²) in [5.74, 6) is -0.968. The number of carboxylic acids is 1. The van der Waals surface area contributed by atoms with E-state index < -0.39 is 5.97 Å². The van der Waals surface area contributed by atoms with E-state index in [9.17, 15) is 4.79 Å². The van der Waals surface area contributed by atoms with Crippen LogP contribution in [0.2, 0.25) is 0 Å². The summed E-state index contributed by atoms with van der Waals surface area (Å²) in [4.78, 5) is 14.5. The van der Waals surface area contributed by atoms with E-state index in [-0.39, 0.29) is 0 Å². The smallest absolute Gasteiger partial charge is 0.328 e. The second-order valence-corrected chi connectivity index (χ2v) is 3.09. The molecule has 1 N–H and O–H groups in total. The molecule has 15 heavy (non-hydrogen) atoms. The topological polar surface area (TPSA) is 50.2 Å². The molecule has 2 rings (SSSR count). The van der Waals surface area contributed by atoms with Crippen LogP contribution >= 0.6 is 0 Å². The summed E-state index contributed by atoms with van der Waals surface area (Å²) < 4.78 is 0. The molecule has 0 amide bonds. The molecular formula is C12H9NO2. The van der Waals surface area contributed by atoms with Gasteiger partial charge in [0, 0.05) is 17.7 Å². The minimum Gasteiger partial charge on any atom is -0.478 e. The SMILES string of the molecule is O=C(O)C=Cc1nccc2ccccc12. The summed E-state index contributed by atoms with van der Waals surface area (Å²) >= 11 is 0. The summed E-state index contributed by atoms with van der Waals surface area (Å²) in [6.45, 7) is 0. The number of fused-ring (bicyclic) bond motifs is 1. The monoisotopic (exact) mass is 199 g/mol. The quantitative estimate of drug-likeness (QED) is 0.755. The maximum atomic E-state index is 10.4. The Morgan fingerprint density at radius 1 is 1.27 bits per heavy atom. The molecule has 2 aromatic rings. The van der Waals surface area contributed by atoms with Gasteiger partial charge in [0.05, 0.1) is 5.69 Å². The standard InChI is InChI=1S/C12H9NO2/c14-12(15)6-5-11-10-4-2-1-3-9(10)7-8-13-11/h1-8H,(H,14,15). The molecule has 0 unspecified atom stereocenters. The highest BCUT2D eigenvalue weighted by Crippen LogP contribution is 2.16. The molecule has 0 fully saturated rings. The summed E-state index contributed by atoms with van der Waals surface area (Å²) in [6.07, 6.45) is 4.27. The molecule has 1 aromatic heterocycles. The van der Waals surface area contributed by atoms with Crippen molar-refractivity contribution >= 4 is 22.8 Å². The predicted molar refractivity (Wildman–Crippen MR) is 58.4 cm³/mol. The average Bonchev–Trinajstić information content (AvgIpc) is 2.26. The van der Waals surface area contributed by atoms with E-state index in [0.29, 0.717) is 5.69 Å². The van der Waals surface area contributed by atoms with E-state index in [0.717, 1.165) is 16.8 Å². The second kappa shape index (κ2) is 3.92. The fourth-order valence-electron chi connectivity index (χ4n) is 1.43. The first-order chi connectivity index (χ1) is 7.27. The Labute approximate surface area is 86.7 Å². The third-order valence-electron chi connectivity index (χ3n) is 2.09. The van der Waals surface area contributed by atoms with Crippen molar-refractivity contribution in [3.63, 3.8) is 0 Å². The van der Waals surface area contributed by atoms with E-state index in [2.05, 4.69) is 4.98 Å². The molecule has 0 bridgehead atoms. The third kappa shape index (κ3) is 2.02. The van der Waals surface area contributed by atoms with Crippen molar-refractivity contribution in [3.05, 3.63) is 48.3 Å². The Hall–Kier alpha value is -2.16. The largest absolute Gasteiger partial charge is 0.478 e. The number of pyridine rings is 1. The van der Waals surface area contributed by atoms with Crippen LogP contribution < -0.4 is 0 Å². The molecule has 0 radical (unpaired) electrons. The Morgan fingerprint density at radius 2 is 2.07 bits per heavy atom. The number of hydrogen-bond acceptors (Lipinski definition) is 2. The summed E-state index contributed by atoms with van der Waals surface area (Å²) in [7, 11) is 0. The minimum absolute atomic E-state index is 0.676. The van der Waals surface area contributed by atoms with Gasteiger partial charge in [-0.2, -0.15) is 0 Å². The van der Waals surface area contributed by atoms with Gasteiger partial charge in [-0.15, -0.1) is 0 Å². The van der Waals surface area contributed by atoms with Gasteiger partial charge in [0.1, 0.15) is 0 Å². The summed E-state index contributed by atoms with van der Waals surface area (Å²) in [5.41, 5.74) is 0.676. The molecule has 0 aliphatic rings. The molecule has 0 saturated heterocycles. The van der Waals surface area contributed by atoms with E-state index in [1.165, 1.54) is 6.08 Å². The van der Waals surface area contributed by atoms with Crippen LogP contribution in [0.15, 0.2) is 42.6 Å². The number of aromatic nitrogens is 1. The average molecular weight is 199 g/mol. The normalized spacial score (nSPS) is 10.9. The Morgan fingerprint density at radius 3 is 2.87 bits per heavy atom. The molecule has 0 saturated carbocycles. The van der Waals surface area contributed by atoms with E-state index in [4.69, 9.17) is 5.11 Å². The van der Waals surface area contributed by atoms with Crippen LogP contribution in [-0.4, -0.2) is 16.1 Å². The highest BCUT2D eigenvalue weighted by molar-refractivity contribution is 5.92. The van der Waals surface area contributed by atoms with Crippen LogP contribution in [0.1, 0.15) is 5.69 Å². The number of rotatable bonds is 2. The Bertz CT molecular complexity index is 527. The highest BCUT2D eigenvalue weighted by atomic mass is 16.4. The maximum absolute atomic E-state index is 10.4. The zero-order valence-corrected chi connectivity index (χ0v) is 7.92. The molecule has 3 nitrogen and oxygen atoms in total. The zero-order chi connectivity index (χ0) is 10.7. The molecule has 3 heteroatoms. The van der Waals surface area contributed by atoms with Gasteiger partial charge in [-0.25, -0.2) is 4.79 Å².